The molecule has 0 saturated carbocycles. The molecule has 102 valence electrons. The van der Waals surface area contributed by atoms with Gasteiger partial charge in [-0.1, -0.05) is 0 Å². The van der Waals surface area contributed by atoms with Crippen LogP contribution in [0.4, 0.5) is 5.13 Å². The van der Waals surface area contributed by atoms with Gasteiger partial charge in [0, 0.05) is 23.2 Å². The summed E-state index contributed by atoms with van der Waals surface area (Å²) in [5.41, 5.74) is 7.65. The van der Waals surface area contributed by atoms with Gasteiger partial charge in [-0.25, -0.2) is 4.98 Å². The lowest BCUT2D eigenvalue weighted by atomic mass is 10.2. The van der Waals surface area contributed by atoms with E-state index in [9.17, 15) is 4.79 Å². The summed E-state index contributed by atoms with van der Waals surface area (Å²) in [6, 6.07) is 3.34. The second-order valence-corrected chi connectivity index (χ2v) is 5.06. The van der Waals surface area contributed by atoms with Gasteiger partial charge in [-0.3, -0.25) is 15.1 Å². The summed E-state index contributed by atoms with van der Waals surface area (Å²) in [5.74, 6) is -0.194. The molecule has 0 aliphatic carbocycles. The molecule has 0 saturated heterocycles. The maximum atomic E-state index is 12.0. The minimum atomic E-state index is -0.194. The highest BCUT2D eigenvalue weighted by molar-refractivity contribution is 7.15. The lowest BCUT2D eigenvalue weighted by Gasteiger charge is -2.02. The molecule has 0 atom stereocenters. The standard InChI is InChI=1S/C12H14N4OS.ClH/c1-7-8(2)18-12(15-7)16-11(17)9-3-4-14-10(5-9)6-13;/h3-5H,6,13H2,1-2H3,(H,15,16,17);1H. The largest absolute Gasteiger partial charge is 0.325 e. The molecule has 5 nitrogen and oxygen atoms in total. The highest BCUT2D eigenvalue weighted by Gasteiger charge is 2.10. The Balaban J connectivity index is 0.00000180. The zero-order valence-corrected chi connectivity index (χ0v) is 12.3. The van der Waals surface area contributed by atoms with Gasteiger partial charge < -0.3 is 5.73 Å². The summed E-state index contributed by atoms with van der Waals surface area (Å²) in [7, 11) is 0. The number of aryl methyl sites for hydroxylation is 2. The average molecular weight is 299 g/mol. The number of halogens is 1. The van der Waals surface area contributed by atoms with Crippen LogP contribution in [-0.2, 0) is 6.54 Å². The number of aromatic nitrogens is 2. The zero-order chi connectivity index (χ0) is 13.1. The van der Waals surface area contributed by atoms with Crippen molar-refractivity contribution in [2.24, 2.45) is 5.73 Å². The molecule has 1 amide bonds. The van der Waals surface area contributed by atoms with E-state index in [2.05, 4.69) is 15.3 Å². The molecule has 0 aliphatic heterocycles. The fourth-order valence-electron chi connectivity index (χ4n) is 1.43. The maximum absolute atomic E-state index is 12.0. The van der Waals surface area contributed by atoms with Gasteiger partial charge in [-0.05, 0) is 26.0 Å². The van der Waals surface area contributed by atoms with Crippen molar-refractivity contribution >= 4 is 34.8 Å². The summed E-state index contributed by atoms with van der Waals surface area (Å²) in [4.78, 5) is 21.4. The first-order valence-corrected chi connectivity index (χ1v) is 6.32. The molecule has 0 aromatic carbocycles. The SMILES string of the molecule is Cc1nc(NC(=O)c2ccnc(CN)c2)sc1C.Cl. The molecule has 0 bridgehead atoms. The molecule has 0 radical (unpaired) electrons. The minimum absolute atomic E-state index is 0. The monoisotopic (exact) mass is 298 g/mol. The molecule has 0 spiro atoms. The van der Waals surface area contributed by atoms with E-state index in [1.807, 2.05) is 13.8 Å². The predicted molar refractivity (Wildman–Crippen MR) is 78.9 cm³/mol. The van der Waals surface area contributed by atoms with Crippen LogP contribution in [0, 0.1) is 13.8 Å². The second kappa shape index (κ2) is 6.60. The topological polar surface area (TPSA) is 80.9 Å². The van der Waals surface area contributed by atoms with E-state index < -0.39 is 0 Å². The summed E-state index contributed by atoms with van der Waals surface area (Å²) >= 11 is 1.46. The third-order valence-corrected chi connectivity index (χ3v) is 3.53. The molecule has 2 aromatic heterocycles. The van der Waals surface area contributed by atoms with E-state index in [0.717, 1.165) is 10.6 Å². The Kier molecular flexibility index (Phi) is 5.41. The van der Waals surface area contributed by atoms with Crippen LogP contribution < -0.4 is 11.1 Å². The van der Waals surface area contributed by atoms with Crippen LogP contribution >= 0.6 is 23.7 Å². The summed E-state index contributed by atoms with van der Waals surface area (Å²) in [5, 5.41) is 3.38. The predicted octanol–water partition coefficient (Wildman–Crippen LogP) is 2.29. The molecular weight excluding hydrogens is 284 g/mol. The van der Waals surface area contributed by atoms with Crippen molar-refractivity contribution < 1.29 is 4.79 Å². The number of hydrogen-bond acceptors (Lipinski definition) is 5. The lowest BCUT2D eigenvalue weighted by Crippen LogP contribution is -2.13. The normalized spacial score (nSPS) is 9.84. The summed E-state index contributed by atoms with van der Waals surface area (Å²) in [6.07, 6.45) is 1.58. The Morgan fingerprint density at radius 2 is 2.21 bits per heavy atom. The number of carbonyl (C=O) groups excluding carboxylic acids is 1. The van der Waals surface area contributed by atoms with Gasteiger partial charge in [0.2, 0.25) is 0 Å². The van der Waals surface area contributed by atoms with Crippen LogP contribution in [0.2, 0.25) is 0 Å². The van der Waals surface area contributed by atoms with Gasteiger partial charge >= 0.3 is 0 Å². The van der Waals surface area contributed by atoms with E-state index >= 15 is 0 Å². The molecule has 2 heterocycles. The average Bonchev–Trinajstić information content (AvgIpc) is 2.68. The zero-order valence-electron chi connectivity index (χ0n) is 10.6. The van der Waals surface area contributed by atoms with Crippen LogP contribution in [0.5, 0.6) is 0 Å². The number of nitrogens with two attached hydrogens (primary N) is 1. The highest BCUT2D eigenvalue weighted by atomic mass is 35.5. The Bertz CT molecular complexity index is 565. The first-order chi connectivity index (χ1) is 8.60. The Morgan fingerprint density at radius 1 is 1.47 bits per heavy atom. The summed E-state index contributed by atoms with van der Waals surface area (Å²) in [6.45, 7) is 4.21. The number of carbonyl (C=O) groups is 1. The van der Waals surface area contributed by atoms with E-state index in [1.165, 1.54) is 11.3 Å². The Labute approximate surface area is 121 Å². The van der Waals surface area contributed by atoms with Crippen LogP contribution in [0.1, 0.15) is 26.6 Å². The van der Waals surface area contributed by atoms with E-state index in [4.69, 9.17) is 5.73 Å². The van der Waals surface area contributed by atoms with Gasteiger partial charge in [0.05, 0.1) is 11.4 Å². The van der Waals surface area contributed by atoms with Gasteiger partial charge in [0.1, 0.15) is 0 Å². The first-order valence-electron chi connectivity index (χ1n) is 5.50. The Hall–Kier alpha value is -1.50. The number of nitrogens with zero attached hydrogens (tertiary/aromatic N) is 2. The van der Waals surface area contributed by atoms with Crippen LogP contribution in [-0.4, -0.2) is 15.9 Å². The first kappa shape index (κ1) is 15.6. The number of anilines is 1. The van der Waals surface area contributed by atoms with Gasteiger partial charge in [0.15, 0.2) is 5.13 Å². The molecule has 3 N–H and O–H groups in total. The molecule has 0 aliphatic rings. The fourth-order valence-corrected chi connectivity index (χ4v) is 2.24. The number of pyridine rings is 1. The summed E-state index contributed by atoms with van der Waals surface area (Å²) < 4.78 is 0. The third-order valence-electron chi connectivity index (χ3n) is 2.54. The number of thiazole rings is 1. The fraction of sp³-hybridized carbons (Fsp3) is 0.250. The van der Waals surface area contributed by atoms with Crippen LogP contribution in [0.15, 0.2) is 18.3 Å². The quantitative estimate of drug-likeness (QED) is 0.911. The van der Waals surface area contributed by atoms with E-state index in [1.54, 1.807) is 18.3 Å². The Morgan fingerprint density at radius 3 is 2.79 bits per heavy atom. The smallest absolute Gasteiger partial charge is 0.257 e. The van der Waals surface area contributed by atoms with Gasteiger partial charge in [-0.15, -0.1) is 23.7 Å². The van der Waals surface area contributed by atoms with Crippen molar-refractivity contribution in [2.45, 2.75) is 20.4 Å². The van der Waals surface area contributed by atoms with Crippen molar-refractivity contribution in [3.8, 4) is 0 Å². The van der Waals surface area contributed by atoms with Gasteiger partial charge in [0.25, 0.3) is 5.91 Å². The van der Waals surface area contributed by atoms with E-state index in [0.29, 0.717) is 22.9 Å². The number of hydrogen-bond donors (Lipinski definition) is 2. The maximum Gasteiger partial charge on any atom is 0.257 e. The van der Waals surface area contributed by atoms with Crippen molar-refractivity contribution in [3.63, 3.8) is 0 Å². The van der Waals surface area contributed by atoms with Crippen LogP contribution in [0.25, 0.3) is 0 Å². The molecular formula is C12H15ClN4OS. The lowest BCUT2D eigenvalue weighted by molar-refractivity contribution is 0.102. The number of amides is 1. The molecule has 2 rings (SSSR count). The molecule has 0 unspecified atom stereocenters. The van der Waals surface area contributed by atoms with Crippen LogP contribution in [0.3, 0.4) is 0 Å². The molecule has 2 aromatic rings. The van der Waals surface area contributed by atoms with Crippen molar-refractivity contribution in [2.75, 3.05) is 5.32 Å². The third kappa shape index (κ3) is 3.73. The number of nitrogens with one attached hydrogen (secondary N) is 1. The van der Waals surface area contributed by atoms with Crippen molar-refractivity contribution in [1.29, 1.82) is 0 Å². The van der Waals surface area contributed by atoms with Gasteiger partial charge in [-0.2, -0.15) is 0 Å². The molecule has 0 fully saturated rings. The molecule has 19 heavy (non-hydrogen) atoms. The molecule has 7 heteroatoms. The van der Waals surface area contributed by atoms with Crippen molar-refractivity contribution in [1.82, 2.24) is 9.97 Å². The second-order valence-electron chi connectivity index (χ2n) is 3.85. The minimum Gasteiger partial charge on any atom is -0.325 e. The van der Waals surface area contributed by atoms with Crippen molar-refractivity contribution in [3.05, 3.63) is 40.2 Å². The van der Waals surface area contributed by atoms with E-state index in [-0.39, 0.29) is 18.3 Å². The number of rotatable bonds is 3. The highest BCUT2D eigenvalue weighted by Crippen LogP contribution is 2.21.